The molecule has 0 aliphatic carbocycles. The molecule has 0 unspecified atom stereocenters. The Labute approximate surface area is 314 Å². The molecule has 4 heteroatoms. The van der Waals surface area contributed by atoms with E-state index in [2.05, 4.69) is 180 Å². The number of fused-ring (bicyclic) bond motifs is 10. The van der Waals surface area contributed by atoms with Crippen LogP contribution in [-0.4, -0.2) is 14.5 Å². The van der Waals surface area contributed by atoms with Crippen LogP contribution in [0.3, 0.4) is 0 Å². The molecule has 0 aliphatic rings. The van der Waals surface area contributed by atoms with E-state index in [-0.39, 0.29) is 0 Å². The standard InChI is InChI=1S/C50H29N3S/c1-2-12-31-25-34(22-21-30(31)11-1)35-23-24-44-40(27-35)41-26-32-13-3-4-14-33(32)29-45(41)53(44)50-51-43-19-9-7-18-39(43)48(52-50)47-37-16-6-5-15-36(37)28-42-38-17-8-10-20-46(38)54-49(42)47/h1-29H. The average Bonchev–Trinajstić information content (AvgIpc) is 3.76. The summed E-state index contributed by atoms with van der Waals surface area (Å²) in [7, 11) is 0. The molecule has 0 saturated carbocycles. The summed E-state index contributed by atoms with van der Waals surface area (Å²) in [6, 6.07) is 63.7. The van der Waals surface area contributed by atoms with Gasteiger partial charge in [0.25, 0.3) is 0 Å². The fraction of sp³-hybridized carbons (Fsp3) is 0. The van der Waals surface area contributed by atoms with Crippen LogP contribution in [0.1, 0.15) is 0 Å². The topological polar surface area (TPSA) is 30.7 Å². The van der Waals surface area contributed by atoms with Gasteiger partial charge in [0.05, 0.1) is 22.2 Å². The van der Waals surface area contributed by atoms with Gasteiger partial charge in [-0.3, -0.25) is 4.57 Å². The summed E-state index contributed by atoms with van der Waals surface area (Å²) in [5, 5.41) is 13.2. The van der Waals surface area contributed by atoms with Gasteiger partial charge in [-0.25, -0.2) is 9.97 Å². The van der Waals surface area contributed by atoms with Crippen molar-refractivity contribution in [3.05, 3.63) is 176 Å². The van der Waals surface area contributed by atoms with E-state index in [0.717, 1.165) is 33.2 Å². The summed E-state index contributed by atoms with van der Waals surface area (Å²) < 4.78 is 4.81. The van der Waals surface area contributed by atoms with Crippen LogP contribution in [0.5, 0.6) is 0 Å². The molecule has 3 heterocycles. The number of aromatic nitrogens is 3. The minimum Gasteiger partial charge on any atom is -0.278 e. The number of para-hydroxylation sites is 1. The predicted octanol–water partition coefficient (Wildman–Crippen LogP) is 13.9. The minimum absolute atomic E-state index is 0.666. The number of thiophene rings is 1. The molecule has 0 fully saturated rings. The van der Waals surface area contributed by atoms with Crippen molar-refractivity contribution < 1.29 is 0 Å². The van der Waals surface area contributed by atoms with Gasteiger partial charge in [0.15, 0.2) is 0 Å². The maximum atomic E-state index is 5.64. The highest BCUT2D eigenvalue weighted by atomic mass is 32.1. The monoisotopic (exact) mass is 703 g/mol. The lowest BCUT2D eigenvalue weighted by atomic mass is 9.96. The molecule has 54 heavy (non-hydrogen) atoms. The van der Waals surface area contributed by atoms with Crippen LogP contribution in [0.15, 0.2) is 176 Å². The van der Waals surface area contributed by atoms with Gasteiger partial charge in [-0.05, 0) is 92.0 Å². The lowest BCUT2D eigenvalue weighted by Gasteiger charge is -2.14. The Hall–Kier alpha value is -6.88. The number of benzene rings is 9. The first kappa shape index (κ1) is 29.7. The van der Waals surface area contributed by atoms with E-state index in [4.69, 9.17) is 9.97 Å². The van der Waals surface area contributed by atoms with Crippen molar-refractivity contribution >= 4 is 96.5 Å². The second kappa shape index (κ2) is 11.3. The van der Waals surface area contributed by atoms with E-state index in [1.807, 2.05) is 11.3 Å². The van der Waals surface area contributed by atoms with Crippen molar-refractivity contribution in [2.75, 3.05) is 0 Å². The van der Waals surface area contributed by atoms with Crippen LogP contribution in [0.4, 0.5) is 0 Å². The number of hydrogen-bond donors (Lipinski definition) is 0. The molecule has 0 radical (unpaired) electrons. The maximum absolute atomic E-state index is 5.64. The maximum Gasteiger partial charge on any atom is 0.235 e. The van der Waals surface area contributed by atoms with Crippen molar-refractivity contribution in [3.8, 4) is 28.3 Å². The third kappa shape index (κ3) is 4.35. The molecule has 12 rings (SSSR count). The lowest BCUT2D eigenvalue weighted by molar-refractivity contribution is 1.02. The van der Waals surface area contributed by atoms with Crippen molar-refractivity contribution in [1.82, 2.24) is 14.5 Å². The summed E-state index contributed by atoms with van der Waals surface area (Å²) in [5.41, 5.74) is 7.58. The van der Waals surface area contributed by atoms with Crippen LogP contribution in [0.25, 0.3) is 114 Å². The van der Waals surface area contributed by atoms with E-state index in [1.165, 1.54) is 74.4 Å². The fourth-order valence-electron chi connectivity index (χ4n) is 8.58. The second-order valence-electron chi connectivity index (χ2n) is 14.2. The summed E-state index contributed by atoms with van der Waals surface area (Å²) in [6.45, 7) is 0. The fourth-order valence-corrected chi connectivity index (χ4v) is 9.82. The Kier molecular flexibility index (Phi) is 6.21. The summed E-state index contributed by atoms with van der Waals surface area (Å²) in [4.78, 5) is 11.0. The molecule has 3 nitrogen and oxygen atoms in total. The van der Waals surface area contributed by atoms with Gasteiger partial charge in [0.2, 0.25) is 5.95 Å². The lowest BCUT2D eigenvalue weighted by Crippen LogP contribution is -2.03. The van der Waals surface area contributed by atoms with Gasteiger partial charge < -0.3 is 0 Å². The Morgan fingerprint density at radius 2 is 1.00 bits per heavy atom. The Morgan fingerprint density at radius 3 is 1.85 bits per heavy atom. The van der Waals surface area contributed by atoms with Gasteiger partial charge in [-0.1, -0.05) is 127 Å². The second-order valence-corrected chi connectivity index (χ2v) is 15.2. The van der Waals surface area contributed by atoms with E-state index in [0.29, 0.717) is 5.95 Å². The van der Waals surface area contributed by atoms with Crippen molar-refractivity contribution in [3.63, 3.8) is 0 Å². The van der Waals surface area contributed by atoms with Crippen molar-refractivity contribution in [2.24, 2.45) is 0 Å². The van der Waals surface area contributed by atoms with E-state index >= 15 is 0 Å². The van der Waals surface area contributed by atoms with E-state index < -0.39 is 0 Å². The Bertz CT molecular complexity index is 3520. The molecular weight excluding hydrogens is 675 g/mol. The molecule has 9 aromatic carbocycles. The molecule has 0 N–H and O–H groups in total. The van der Waals surface area contributed by atoms with E-state index in [9.17, 15) is 0 Å². The number of rotatable bonds is 3. The van der Waals surface area contributed by atoms with Gasteiger partial charge in [0, 0.05) is 41.9 Å². The largest absolute Gasteiger partial charge is 0.278 e. The van der Waals surface area contributed by atoms with Gasteiger partial charge in [0.1, 0.15) is 0 Å². The zero-order valence-corrected chi connectivity index (χ0v) is 29.8. The zero-order valence-electron chi connectivity index (χ0n) is 29.0. The van der Waals surface area contributed by atoms with Crippen molar-refractivity contribution in [1.29, 1.82) is 0 Å². The first-order valence-electron chi connectivity index (χ1n) is 18.3. The van der Waals surface area contributed by atoms with Crippen LogP contribution in [0.2, 0.25) is 0 Å². The molecule has 12 aromatic rings. The predicted molar refractivity (Wildman–Crippen MR) is 230 cm³/mol. The molecule has 0 aliphatic heterocycles. The normalized spacial score (nSPS) is 12.1. The smallest absolute Gasteiger partial charge is 0.235 e. The summed E-state index contributed by atoms with van der Waals surface area (Å²) in [6.07, 6.45) is 0. The summed E-state index contributed by atoms with van der Waals surface area (Å²) in [5.74, 6) is 0.666. The molecule has 0 atom stereocenters. The molecular formula is C50H29N3S. The molecule has 0 amide bonds. The van der Waals surface area contributed by atoms with Gasteiger partial charge >= 0.3 is 0 Å². The number of hydrogen-bond acceptors (Lipinski definition) is 3. The van der Waals surface area contributed by atoms with E-state index in [1.54, 1.807) is 0 Å². The highest BCUT2D eigenvalue weighted by molar-refractivity contribution is 7.26. The van der Waals surface area contributed by atoms with Crippen LogP contribution >= 0.6 is 11.3 Å². The van der Waals surface area contributed by atoms with Gasteiger partial charge in [-0.2, -0.15) is 0 Å². The van der Waals surface area contributed by atoms with Gasteiger partial charge in [-0.15, -0.1) is 11.3 Å². The first-order chi connectivity index (χ1) is 26.7. The van der Waals surface area contributed by atoms with Crippen LogP contribution < -0.4 is 0 Å². The quantitative estimate of drug-likeness (QED) is 0.183. The summed E-state index contributed by atoms with van der Waals surface area (Å²) >= 11 is 1.85. The van der Waals surface area contributed by atoms with Crippen LogP contribution in [-0.2, 0) is 0 Å². The third-order valence-corrected chi connectivity index (χ3v) is 12.3. The molecule has 0 spiro atoms. The van der Waals surface area contributed by atoms with Crippen molar-refractivity contribution in [2.45, 2.75) is 0 Å². The van der Waals surface area contributed by atoms with Crippen LogP contribution in [0, 0.1) is 0 Å². The molecule has 3 aromatic heterocycles. The molecule has 250 valence electrons. The minimum atomic E-state index is 0.666. The highest BCUT2D eigenvalue weighted by Gasteiger charge is 2.22. The molecule has 0 bridgehead atoms. The highest BCUT2D eigenvalue weighted by Crippen LogP contribution is 2.46. The Balaban J connectivity index is 1.18. The third-order valence-electron chi connectivity index (χ3n) is 11.1. The SMILES string of the molecule is c1ccc2cc(-c3ccc4c(c3)c3cc5ccccc5cc3n4-c3nc(-c4c5ccccc5cc5c4sc4ccccc45)c4ccccc4n3)ccc2c1. The number of nitrogens with zero attached hydrogens (tertiary/aromatic N) is 3. The Morgan fingerprint density at radius 1 is 0.389 bits per heavy atom. The average molecular weight is 704 g/mol. The first-order valence-corrected chi connectivity index (χ1v) is 19.1. The zero-order chi connectivity index (χ0) is 35.3. The molecule has 0 saturated heterocycles.